The maximum atomic E-state index is 6.18. The number of hydrogen-bond donors (Lipinski definition) is 0. The first-order valence-electron chi connectivity index (χ1n) is 4.63. The fraction of sp³-hybridized carbons (Fsp3) is 0.600. The van der Waals surface area contributed by atoms with E-state index in [9.17, 15) is 0 Å². The molecular formula is C10H14ClIN2. The minimum absolute atomic E-state index is 0.0958. The molecule has 1 rings (SSSR count). The Morgan fingerprint density at radius 3 is 2.43 bits per heavy atom. The van der Waals surface area contributed by atoms with E-state index in [1.807, 2.05) is 13.1 Å². The van der Waals surface area contributed by atoms with Gasteiger partial charge < -0.3 is 0 Å². The van der Waals surface area contributed by atoms with E-state index in [0.29, 0.717) is 11.8 Å². The van der Waals surface area contributed by atoms with Crippen LogP contribution in [0.15, 0.2) is 12.5 Å². The van der Waals surface area contributed by atoms with Crippen LogP contribution in [-0.4, -0.2) is 15.3 Å². The standard InChI is InChI=1S/C10H14ClIN2/c1-6(2)9(7(3)11)10-8(12)4-13-5-14-10/h4-7,9H,1-3H3. The highest BCUT2D eigenvalue weighted by molar-refractivity contribution is 14.1. The third-order valence-electron chi connectivity index (χ3n) is 2.22. The summed E-state index contributed by atoms with van der Waals surface area (Å²) in [5.74, 6) is 0.789. The quantitative estimate of drug-likeness (QED) is 0.629. The summed E-state index contributed by atoms with van der Waals surface area (Å²) in [6, 6.07) is 0. The smallest absolute Gasteiger partial charge is 0.115 e. The van der Waals surface area contributed by atoms with Crippen molar-refractivity contribution in [2.45, 2.75) is 32.1 Å². The Morgan fingerprint density at radius 2 is 2.00 bits per heavy atom. The Kier molecular flexibility index (Phi) is 4.57. The molecule has 0 spiro atoms. The normalized spacial score (nSPS) is 15.6. The van der Waals surface area contributed by atoms with Gasteiger partial charge in [0.2, 0.25) is 0 Å². The Morgan fingerprint density at radius 1 is 1.36 bits per heavy atom. The molecule has 78 valence electrons. The molecule has 0 bridgehead atoms. The number of halogens is 2. The number of rotatable bonds is 3. The van der Waals surface area contributed by atoms with Gasteiger partial charge in [-0.2, -0.15) is 0 Å². The van der Waals surface area contributed by atoms with Crippen molar-refractivity contribution >= 4 is 34.2 Å². The SMILES string of the molecule is CC(C)C(c1ncncc1I)C(C)Cl. The number of alkyl halides is 1. The molecule has 2 atom stereocenters. The number of aromatic nitrogens is 2. The first-order chi connectivity index (χ1) is 6.54. The summed E-state index contributed by atoms with van der Waals surface area (Å²) in [5.41, 5.74) is 1.07. The minimum atomic E-state index is 0.0958. The topological polar surface area (TPSA) is 25.8 Å². The van der Waals surface area contributed by atoms with Crippen LogP contribution >= 0.6 is 34.2 Å². The number of nitrogens with zero attached hydrogens (tertiary/aromatic N) is 2. The van der Waals surface area contributed by atoms with Gasteiger partial charge in [-0.1, -0.05) is 13.8 Å². The average molecular weight is 325 g/mol. The summed E-state index contributed by atoms with van der Waals surface area (Å²) in [4.78, 5) is 8.30. The van der Waals surface area contributed by atoms with Crippen molar-refractivity contribution in [2.24, 2.45) is 5.92 Å². The van der Waals surface area contributed by atoms with Crippen LogP contribution in [0, 0.1) is 9.49 Å². The van der Waals surface area contributed by atoms with Crippen molar-refractivity contribution in [1.29, 1.82) is 0 Å². The Hall–Kier alpha value is 0.1000. The monoisotopic (exact) mass is 324 g/mol. The molecule has 0 aliphatic carbocycles. The van der Waals surface area contributed by atoms with Gasteiger partial charge in [0.25, 0.3) is 0 Å². The number of hydrogen-bond acceptors (Lipinski definition) is 2. The largest absolute Gasteiger partial charge is 0.244 e. The molecular weight excluding hydrogens is 310 g/mol. The van der Waals surface area contributed by atoms with Crippen LogP contribution in [0.3, 0.4) is 0 Å². The van der Waals surface area contributed by atoms with E-state index in [1.165, 1.54) is 0 Å². The zero-order valence-corrected chi connectivity index (χ0v) is 11.5. The molecule has 0 aliphatic heterocycles. The molecule has 0 aliphatic rings. The van der Waals surface area contributed by atoms with Gasteiger partial charge in [-0.3, -0.25) is 0 Å². The molecule has 0 radical (unpaired) electrons. The van der Waals surface area contributed by atoms with Gasteiger partial charge in [0, 0.05) is 17.5 Å². The fourth-order valence-electron chi connectivity index (χ4n) is 1.63. The lowest BCUT2D eigenvalue weighted by Crippen LogP contribution is -2.18. The fourth-order valence-corrected chi connectivity index (χ4v) is 2.70. The lowest BCUT2D eigenvalue weighted by Gasteiger charge is -2.23. The summed E-state index contributed by atoms with van der Waals surface area (Å²) in [6.07, 6.45) is 3.42. The van der Waals surface area contributed by atoms with Gasteiger partial charge in [-0.15, -0.1) is 11.6 Å². The lowest BCUT2D eigenvalue weighted by atomic mass is 9.89. The van der Waals surface area contributed by atoms with E-state index in [4.69, 9.17) is 11.6 Å². The van der Waals surface area contributed by atoms with Crippen molar-refractivity contribution in [1.82, 2.24) is 9.97 Å². The third kappa shape index (κ3) is 2.79. The van der Waals surface area contributed by atoms with Crippen molar-refractivity contribution < 1.29 is 0 Å². The van der Waals surface area contributed by atoms with Crippen LogP contribution in [-0.2, 0) is 0 Å². The molecule has 14 heavy (non-hydrogen) atoms. The van der Waals surface area contributed by atoms with Crippen molar-refractivity contribution in [3.63, 3.8) is 0 Å². The van der Waals surface area contributed by atoms with Crippen LogP contribution in [0.2, 0.25) is 0 Å². The van der Waals surface area contributed by atoms with Gasteiger partial charge in [-0.05, 0) is 35.4 Å². The van der Waals surface area contributed by atoms with E-state index in [0.717, 1.165) is 9.26 Å². The van der Waals surface area contributed by atoms with Gasteiger partial charge in [0.15, 0.2) is 0 Å². The van der Waals surface area contributed by atoms with Crippen LogP contribution < -0.4 is 0 Å². The molecule has 1 heterocycles. The van der Waals surface area contributed by atoms with E-state index in [1.54, 1.807) is 6.33 Å². The molecule has 1 aromatic rings. The minimum Gasteiger partial charge on any atom is -0.244 e. The average Bonchev–Trinajstić information content (AvgIpc) is 2.07. The zero-order chi connectivity index (χ0) is 10.7. The maximum Gasteiger partial charge on any atom is 0.115 e. The Bertz CT molecular complexity index is 294. The molecule has 0 saturated heterocycles. The molecule has 1 aromatic heterocycles. The second-order valence-corrected chi connectivity index (χ2v) is 5.55. The predicted octanol–water partition coefficient (Wildman–Crippen LogP) is 3.45. The Labute approximate surface area is 104 Å². The first-order valence-corrected chi connectivity index (χ1v) is 6.15. The summed E-state index contributed by atoms with van der Waals surface area (Å²) >= 11 is 8.44. The highest BCUT2D eigenvalue weighted by Gasteiger charge is 2.24. The van der Waals surface area contributed by atoms with Crippen LogP contribution in [0.5, 0.6) is 0 Å². The maximum absolute atomic E-state index is 6.18. The van der Waals surface area contributed by atoms with Crippen molar-refractivity contribution in [3.8, 4) is 0 Å². The molecule has 0 amide bonds. The van der Waals surface area contributed by atoms with E-state index >= 15 is 0 Å². The van der Waals surface area contributed by atoms with E-state index in [2.05, 4.69) is 46.4 Å². The predicted molar refractivity (Wildman–Crippen MR) is 67.6 cm³/mol. The molecule has 2 unspecified atom stereocenters. The molecule has 2 nitrogen and oxygen atoms in total. The van der Waals surface area contributed by atoms with Crippen LogP contribution in [0.4, 0.5) is 0 Å². The van der Waals surface area contributed by atoms with Crippen molar-refractivity contribution in [3.05, 3.63) is 21.8 Å². The molecule has 0 fully saturated rings. The third-order valence-corrected chi connectivity index (χ3v) is 3.33. The molecule has 0 N–H and O–H groups in total. The second kappa shape index (κ2) is 5.26. The van der Waals surface area contributed by atoms with E-state index < -0.39 is 0 Å². The first kappa shape index (κ1) is 12.2. The summed E-state index contributed by atoms with van der Waals surface area (Å²) in [5, 5.41) is 0.0958. The van der Waals surface area contributed by atoms with Gasteiger partial charge >= 0.3 is 0 Å². The summed E-state index contributed by atoms with van der Waals surface area (Å²) < 4.78 is 1.09. The van der Waals surface area contributed by atoms with Crippen LogP contribution in [0.1, 0.15) is 32.4 Å². The molecule has 0 saturated carbocycles. The summed E-state index contributed by atoms with van der Waals surface area (Å²) in [6.45, 7) is 6.36. The Balaban J connectivity index is 3.05. The highest BCUT2D eigenvalue weighted by Crippen LogP contribution is 2.31. The van der Waals surface area contributed by atoms with Gasteiger partial charge in [0.1, 0.15) is 6.33 Å². The summed E-state index contributed by atoms with van der Waals surface area (Å²) in [7, 11) is 0. The molecule has 4 heteroatoms. The van der Waals surface area contributed by atoms with Crippen LogP contribution in [0.25, 0.3) is 0 Å². The zero-order valence-electron chi connectivity index (χ0n) is 8.54. The van der Waals surface area contributed by atoms with Crippen molar-refractivity contribution in [2.75, 3.05) is 0 Å². The van der Waals surface area contributed by atoms with Gasteiger partial charge in [-0.25, -0.2) is 9.97 Å². The second-order valence-electron chi connectivity index (χ2n) is 3.70. The molecule has 0 aromatic carbocycles. The van der Waals surface area contributed by atoms with E-state index in [-0.39, 0.29) is 5.38 Å². The lowest BCUT2D eigenvalue weighted by molar-refractivity contribution is 0.477. The van der Waals surface area contributed by atoms with Gasteiger partial charge in [0.05, 0.1) is 9.26 Å². The highest BCUT2D eigenvalue weighted by atomic mass is 127.